The van der Waals surface area contributed by atoms with Crippen LogP contribution < -0.4 is 10.6 Å². The van der Waals surface area contributed by atoms with Crippen LogP contribution in [0.2, 0.25) is 0 Å². The van der Waals surface area contributed by atoms with E-state index in [0.29, 0.717) is 17.5 Å². The molecule has 3 rings (SSSR count). The lowest BCUT2D eigenvalue weighted by Gasteiger charge is -2.14. The van der Waals surface area contributed by atoms with E-state index in [1.807, 2.05) is 11.5 Å². The van der Waals surface area contributed by atoms with Gasteiger partial charge in [-0.1, -0.05) is 17.8 Å². The number of amides is 2. The number of carbonyl (C=O) groups excluding carboxylic acids is 2. The van der Waals surface area contributed by atoms with Gasteiger partial charge in [0, 0.05) is 6.54 Å². The first-order valence-corrected chi connectivity index (χ1v) is 10.3. The molecule has 30 heavy (non-hydrogen) atoms. The predicted molar refractivity (Wildman–Crippen MR) is 111 cm³/mol. The van der Waals surface area contributed by atoms with Crippen LogP contribution >= 0.6 is 11.8 Å². The van der Waals surface area contributed by atoms with Crippen molar-refractivity contribution >= 4 is 29.3 Å². The average Bonchev–Trinajstić information content (AvgIpc) is 3.38. The quantitative estimate of drug-likeness (QED) is 0.529. The summed E-state index contributed by atoms with van der Waals surface area (Å²) in [5.41, 5.74) is 0.912. The van der Waals surface area contributed by atoms with Crippen molar-refractivity contribution in [2.75, 3.05) is 11.1 Å². The summed E-state index contributed by atoms with van der Waals surface area (Å²) in [6, 6.07) is 7.41. The standard InChI is InChI=1S/C20H22FN5O3S/c1-4-26-18(13(3)22-19(28)16-6-5-9-29-16)24-25-20(26)30-11-17(27)23-15-8-7-12(2)10-14(15)21/h5-10,13H,4,11H2,1-3H3,(H,22,28)(H,23,27)/t13-/m0/s1. The molecule has 0 fully saturated rings. The summed E-state index contributed by atoms with van der Waals surface area (Å²) in [5.74, 6) is -0.378. The van der Waals surface area contributed by atoms with Gasteiger partial charge in [0.25, 0.3) is 5.91 Å². The second-order valence-corrected chi connectivity index (χ2v) is 7.52. The zero-order valence-corrected chi connectivity index (χ0v) is 17.6. The number of furan rings is 1. The minimum Gasteiger partial charge on any atom is -0.459 e. The van der Waals surface area contributed by atoms with Crippen molar-refractivity contribution in [3.8, 4) is 0 Å². The number of benzene rings is 1. The molecule has 8 nitrogen and oxygen atoms in total. The minimum atomic E-state index is -0.478. The number of halogens is 1. The number of hydrogen-bond acceptors (Lipinski definition) is 6. The SMILES string of the molecule is CCn1c(SCC(=O)Nc2ccc(C)cc2F)nnc1[C@H](C)NC(=O)c1ccco1. The number of aryl methyl sites for hydroxylation is 1. The van der Waals surface area contributed by atoms with E-state index < -0.39 is 11.9 Å². The van der Waals surface area contributed by atoms with Gasteiger partial charge in [-0.25, -0.2) is 4.39 Å². The Morgan fingerprint density at radius 3 is 2.77 bits per heavy atom. The molecule has 0 saturated heterocycles. The fraction of sp³-hybridized carbons (Fsp3) is 0.300. The van der Waals surface area contributed by atoms with E-state index in [2.05, 4.69) is 20.8 Å². The van der Waals surface area contributed by atoms with Crippen molar-refractivity contribution in [3.63, 3.8) is 0 Å². The summed E-state index contributed by atoms with van der Waals surface area (Å²) in [7, 11) is 0. The predicted octanol–water partition coefficient (Wildman–Crippen LogP) is 3.56. The molecule has 0 aliphatic carbocycles. The number of aromatic nitrogens is 3. The fourth-order valence-electron chi connectivity index (χ4n) is 2.80. The van der Waals surface area contributed by atoms with Crippen molar-refractivity contribution in [2.45, 2.75) is 38.5 Å². The summed E-state index contributed by atoms with van der Waals surface area (Å²) in [5, 5.41) is 14.2. The van der Waals surface area contributed by atoms with E-state index in [-0.39, 0.29) is 29.0 Å². The highest BCUT2D eigenvalue weighted by Crippen LogP contribution is 2.22. The Morgan fingerprint density at radius 1 is 1.30 bits per heavy atom. The Bertz CT molecular complexity index is 1040. The molecule has 2 amide bonds. The molecular formula is C20H22FN5O3S. The number of anilines is 1. The Balaban J connectivity index is 1.62. The molecular weight excluding hydrogens is 409 g/mol. The molecule has 2 N–H and O–H groups in total. The molecule has 3 aromatic rings. The van der Waals surface area contributed by atoms with Gasteiger partial charge in [-0.15, -0.1) is 10.2 Å². The molecule has 0 aliphatic rings. The molecule has 1 atom stereocenters. The topological polar surface area (TPSA) is 102 Å². The molecule has 2 aromatic heterocycles. The van der Waals surface area contributed by atoms with E-state index >= 15 is 0 Å². The lowest BCUT2D eigenvalue weighted by atomic mass is 10.2. The van der Waals surface area contributed by atoms with E-state index in [0.717, 1.165) is 5.56 Å². The maximum Gasteiger partial charge on any atom is 0.287 e. The number of rotatable bonds is 8. The van der Waals surface area contributed by atoms with Gasteiger partial charge in [-0.3, -0.25) is 9.59 Å². The number of nitrogens with one attached hydrogen (secondary N) is 2. The van der Waals surface area contributed by atoms with Crippen LogP contribution in [0.3, 0.4) is 0 Å². The normalized spacial score (nSPS) is 11.9. The Morgan fingerprint density at radius 2 is 2.10 bits per heavy atom. The van der Waals surface area contributed by atoms with Crippen LogP contribution in [0.1, 0.15) is 41.8 Å². The van der Waals surface area contributed by atoms with Crippen LogP contribution in [0.15, 0.2) is 46.2 Å². The van der Waals surface area contributed by atoms with Crippen LogP contribution in [0.5, 0.6) is 0 Å². The first kappa shape index (κ1) is 21.6. The van der Waals surface area contributed by atoms with Crippen molar-refractivity contribution in [1.82, 2.24) is 20.1 Å². The maximum atomic E-state index is 13.9. The molecule has 0 unspecified atom stereocenters. The zero-order valence-electron chi connectivity index (χ0n) is 16.8. The fourth-order valence-corrected chi connectivity index (χ4v) is 3.61. The van der Waals surface area contributed by atoms with Gasteiger partial charge in [0.1, 0.15) is 5.82 Å². The van der Waals surface area contributed by atoms with Gasteiger partial charge in [0.2, 0.25) is 5.91 Å². The number of nitrogens with zero attached hydrogens (tertiary/aromatic N) is 3. The van der Waals surface area contributed by atoms with Gasteiger partial charge >= 0.3 is 0 Å². The molecule has 1 aromatic carbocycles. The summed E-state index contributed by atoms with van der Waals surface area (Å²) < 4.78 is 20.8. The third-order valence-electron chi connectivity index (χ3n) is 4.27. The largest absolute Gasteiger partial charge is 0.459 e. The number of carbonyl (C=O) groups is 2. The molecule has 0 saturated carbocycles. The Kier molecular flexibility index (Phi) is 6.88. The van der Waals surface area contributed by atoms with Gasteiger partial charge in [0.05, 0.1) is 23.7 Å². The number of thioether (sulfide) groups is 1. The summed E-state index contributed by atoms with van der Waals surface area (Å²) >= 11 is 1.19. The minimum absolute atomic E-state index is 0.0403. The average molecular weight is 431 g/mol. The Labute approximate surface area is 177 Å². The molecule has 2 heterocycles. The van der Waals surface area contributed by atoms with Crippen LogP contribution in [0, 0.1) is 12.7 Å². The highest BCUT2D eigenvalue weighted by atomic mass is 32.2. The molecule has 0 spiro atoms. The highest BCUT2D eigenvalue weighted by molar-refractivity contribution is 7.99. The third-order valence-corrected chi connectivity index (χ3v) is 5.24. The first-order valence-electron chi connectivity index (χ1n) is 9.35. The van der Waals surface area contributed by atoms with E-state index in [9.17, 15) is 14.0 Å². The van der Waals surface area contributed by atoms with Gasteiger partial charge in [-0.05, 0) is 50.6 Å². The molecule has 0 bridgehead atoms. The maximum absolute atomic E-state index is 13.9. The lowest BCUT2D eigenvalue weighted by Crippen LogP contribution is -2.28. The van der Waals surface area contributed by atoms with Gasteiger partial charge in [-0.2, -0.15) is 0 Å². The summed E-state index contributed by atoms with van der Waals surface area (Å²) in [6.45, 7) is 6.04. The highest BCUT2D eigenvalue weighted by Gasteiger charge is 2.21. The van der Waals surface area contributed by atoms with Crippen LogP contribution in [0.25, 0.3) is 0 Å². The van der Waals surface area contributed by atoms with Crippen molar-refractivity contribution in [1.29, 1.82) is 0 Å². The summed E-state index contributed by atoms with van der Waals surface area (Å²) in [6.07, 6.45) is 1.43. The van der Waals surface area contributed by atoms with Crippen molar-refractivity contribution in [2.24, 2.45) is 0 Å². The van der Waals surface area contributed by atoms with Gasteiger partial charge in [0.15, 0.2) is 16.7 Å². The van der Waals surface area contributed by atoms with Crippen LogP contribution in [0.4, 0.5) is 10.1 Å². The summed E-state index contributed by atoms with van der Waals surface area (Å²) in [4.78, 5) is 24.4. The van der Waals surface area contributed by atoms with E-state index in [4.69, 9.17) is 4.42 Å². The van der Waals surface area contributed by atoms with Gasteiger partial charge < -0.3 is 19.6 Å². The second kappa shape index (κ2) is 9.57. The van der Waals surface area contributed by atoms with Crippen molar-refractivity contribution in [3.05, 3.63) is 59.6 Å². The monoisotopic (exact) mass is 431 g/mol. The molecule has 158 valence electrons. The molecule has 0 radical (unpaired) electrons. The van der Waals surface area contributed by atoms with Crippen LogP contribution in [-0.4, -0.2) is 32.3 Å². The number of hydrogen-bond donors (Lipinski definition) is 2. The Hall–Kier alpha value is -3.14. The smallest absolute Gasteiger partial charge is 0.287 e. The molecule has 10 heteroatoms. The van der Waals surface area contributed by atoms with E-state index in [1.54, 1.807) is 32.0 Å². The molecule has 0 aliphatic heterocycles. The van der Waals surface area contributed by atoms with Crippen LogP contribution in [-0.2, 0) is 11.3 Å². The van der Waals surface area contributed by atoms with E-state index in [1.165, 1.54) is 30.2 Å². The zero-order chi connectivity index (χ0) is 21.7. The second-order valence-electron chi connectivity index (χ2n) is 6.58. The van der Waals surface area contributed by atoms with Crippen molar-refractivity contribution < 1.29 is 18.4 Å². The lowest BCUT2D eigenvalue weighted by molar-refractivity contribution is -0.113. The third kappa shape index (κ3) is 5.07. The first-order chi connectivity index (χ1) is 14.4.